The number of amides is 1. The van der Waals surface area contributed by atoms with E-state index in [0.29, 0.717) is 11.5 Å². The molecule has 7 nitrogen and oxygen atoms in total. The highest BCUT2D eigenvalue weighted by atomic mass is 79.9. The Hall–Kier alpha value is -2.61. The Labute approximate surface area is 159 Å². The predicted octanol–water partition coefficient (Wildman–Crippen LogP) is 4.51. The summed E-state index contributed by atoms with van der Waals surface area (Å²) in [4.78, 5) is 22.8. The lowest BCUT2D eigenvalue weighted by Gasteiger charge is -2.14. The quantitative estimate of drug-likeness (QED) is 0.523. The van der Waals surface area contributed by atoms with Gasteiger partial charge in [0.15, 0.2) is 6.61 Å². The Kier molecular flexibility index (Phi) is 6.57. The summed E-state index contributed by atoms with van der Waals surface area (Å²) in [7, 11) is 1.41. The van der Waals surface area contributed by atoms with Gasteiger partial charge < -0.3 is 14.8 Å². The summed E-state index contributed by atoms with van der Waals surface area (Å²) in [6, 6.07) is 9.76. The van der Waals surface area contributed by atoms with Crippen LogP contribution < -0.4 is 14.8 Å². The van der Waals surface area contributed by atoms with E-state index in [1.165, 1.54) is 25.3 Å². The summed E-state index contributed by atoms with van der Waals surface area (Å²) in [5, 5.41) is 13.7. The number of nitrogens with one attached hydrogen (secondary N) is 1. The standard InChI is InChI=1S/C18H19BrN2O5/c1-11(2)14-8-12(19)4-7-17(14)26-10-18(22)20-15-6-5-13(25-3)9-16(15)21(23)24/h4-9,11H,10H2,1-3H3,(H,20,22). The topological polar surface area (TPSA) is 90.7 Å². The van der Waals surface area contributed by atoms with Gasteiger partial charge in [0.25, 0.3) is 11.6 Å². The van der Waals surface area contributed by atoms with Crippen LogP contribution in [0.15, 0.2) is 40.9 Å². The number of nitrogens with zero attached hydrogens (tertiary/aromatic N) is 1. The van der Waals surface area contributed by atoms with E-state index in [1.807, 2.05) is 26.0 Å². The second-order valence-corrected chi connectivity index (χ2v) is 6.73. The van der Waals surface area contributed by atoms with Gasteiger partial charge in [-0.1, -0.05) is 29.8 Å². The first-order valence-electron chi connectivity index (χ1n) is 7.86. The van der Waals surface area contributed by atoms with Gasteiger partial charge in [-0.2, -0.15) is 0 Å². The van der Waals surface area contributed by atoms with Crippen LogP contribution in [0.4, 0.5) is 11.4 Å². The number of nitro benzene ring substituents is 1. The van der Waals surface area contributed by atoms with Crippen molar-refractivity contribution in [3.8, 4) is 11.5 Å². The molecule has 138 valence electrons. The Bertz CT molecular complexity index is 823. The summed E-state index contributed by atoms with van der Waals surface area (Å²) in [5.74, 6) is 0.661. The summed E-state index contributed by atoms with van der Waals surface area (Å²) in [6.45, 7) is 3.79. The average Bonchev–Trinajstić information content (AvgIpc) is 2.60. The zero-order valence-corrected chi connectivity index (χ0v) is 16.2. The van der Waals surface area contributed by atoms with Crippen LogP contribution in [-0.2, 0) is 4.79 Å². The number of carbonyl (C=O) groups excluding carboxylic acids is 1. The summed E-state index contributed by atoms with van der Waals surface area (Å²) < 4.78 is 11.5. The molecule has 0 saturated heterocycles. The molecule has 0 spiro atoms. The van der Waals surface area contributed by atoms with Gasteiger partial charge in [0, 0.05) is 4.47 Å². The van der Waals surface area contributed by atoms with Crippen molar-refractivity contribution in [1.29, 1.82) is 0 Å². The highest BCUT2D eigenvalue weighted by molar-refractivity contribution is 9.10. The van der Waals surface area contributed by atoms with Crippen molar-refractivity contribution in [3.05, 3.63) is 56.5 Å². The maximum Gasteiger partial charge on any atom is 0.296 e. The Morgan fingerprint density at radius 1 is 1.27 bits per heavy atom. The molecule has 1 N–H and O–H groups in total. The van der Waals surface area contributed by atoms with Gasteiger partial charge in [0.2, 0.25) is 0 Å². The first-order valence-corrected chi connectivity index (χ1v) is 8.65. The minimum absolute atomic E-state index is 0.0873. The molecule has 0 aliphatic rings. The molecule has 1 amide bonds. The number of hydrogen-bond acceptors (Lipinski definition) is 5. The largest absolute Gasteiger partial charge is 0.496 e. The molecule has 0 fully saturated rings. The molecule has 0 aliphatic heterocycles. The molecule has 0 unspecified atom stereocenters. The average molecular weight is 423 g/mol. The lowest BCUT2D eigenvalue weighted by Crippen LogP contribution is -2.21. The smallest absolute Gasteiger partial charge is 0.296 e. The van der Waals surface area contributed by atoms with Crippen LogP contribution in [0, 0.1) is 10.1 Å². The second kappa shape index (κ2) is 8.66. The molecule has 0 heterocycles. The van der Waals surface area contributed by atoms with Gasteiger partial charge in [-0.05, 0) is 41.8 Å². The number of carbonyl (C=O) groups is 1. The summed E-state index contributed by atoms with van der Waals surface area (Å²) in [5.41, 5.74) is 0.802. The van der Waals surface area contributed by atoms with Gasteiger partial charge in [-0.3, -0.25) is 14.9 Å². The normalized spacial score (nSPS) is 10.5. The van der Waals surface area contributed by atoms with Crippen LogP contribution in [0.2, 0.25) is 0 Å². The molecule has 26 heavy (non-hydrogen) atoms. The monoisotopic (exact) mass is 422 g/mol. The Morgan fingerprint density at radius 2 is 2.00 bits per heavy atom. The van der Waals surface area contributed by atoms with E-state index in [1.54, 1.807) is 6.07 Å². The van der Waals surface area contributed by atoms with Crippen molar-refractivity contribution < 1.29 is 19.2 Å². The molecule has 0 aromatic heterocycles. The van der Waals surface area contributed by atoms with E-state index in [9.17, 15) is 14.9 Å². The van der Waals surface area contributed by atoms with Crippen LogP contribution in [0.5, 0.6) is 11.5 Å². The third-order valence-electron chi connectivity index (χ3n) is 3.63. The fraction of sp³-hybridized carbons (Fsp3) is 0.278. The number of benzene rings is 2. The lowest BCUT2D eigenvalue weighted by molar-refractivity contribution is -0.384. The van der Waals surface area contributed by atoms with Crippen LogP contribution in [0.3, 0.4) is 0 Å². The maximum atomic E-state index is 12.2. The van der Waals surface area contributed by atoms with E-state index in [4.69, 9.17) is 9.47 Å². The highest BCUT2D eigenvalue weighted by Gasteiger charge is 2.18. The van der Waals surface area contributed by atoms with E-state index >= 15 is 0 Å². The molecule has 8 heteroatoms. The summed E-state index contributed by atoms with van der Waals surface area (Å²) >= 11 is 3.41. The number of ether oxygens (including phenoxy) is 2. The van der Waals surface area contributed by atoms with Crippen molar-refractivity contribution in [2.24, 2.45) is 0 Å². The third kappa shape index (κ3) is 4.95. The first kappa shape index (κ1) is 19.7. The first-order chi connectivity index (χ1) is 12.3. The van der Waals surface area contributed by atoms with Crippen LogP contribution in [-0.4, -0.2) is 24.5 Å². The van der Waals surface area contributed by atoms with Gasteiger partial charge in [-0.15, -0.1) is 0 Å². The van der Waals surface area contributed by atoms with Gasteiger partial charge >= 0.3 is 0 Å². The molecule has 0 aliphatic carbocycles. The number of methoxy groups -OCH3 is 1. The van der Waals surface area contributed by atoms with Crippen LogP contribution >= 0.6 is 15.9 Å². The SMILES string of the molecule is COc1ccc(NC(=O)COc2ccc(Br)cc2C(C)C)c([N+](=O)[O-])c1. The fourth-order valence-electron chi connectivity index (χ4n) is 2.33. The molecule has 2 rings (SSSR count). The molecule has 2 aromatic rings. The van der Waals surface area contributed by atoms with Gasteiger partial charge in [-0.25, -0.2) is 0 Å². The fourth-order valence-corrected chi connectivity index (χ4v) is 2.71. The van der Waals surface area contributed by atoms with E-state index in [-0.39, 0.29) is 23.9 Å². The zero-order chi connectivity index (χ0) is 19.3. The van der Waals surface area contributed by atoms with E-state index in [2.05, 4.69) is 21.2 Å². The van der Waals surface area contributed by atoms with Crippen molar-refractivity contribution in [2.45, 2.75) is 19.8 Å². The predicted molar refractivity (Wildman–Crippen MR) is 102 cm³/mol. The van der Waals surface area contributed by atoms with Crippen LogP contribution in [0.25, 0.3) is 0 Å². The van der Waals surface area contributed by atoms with Crippen LogP contribution in [0.1, 0.15) is 25.3 Å². The van der Waals surface area contributed by atoms with Gasteiger partial charge in [0.05, 0.1) is 18.1 Å². The molecule has 2 aromatic carbocycles. The Morgan fingerprint density at radius 3 is 2.62 bits per heavy atom. The lowest BCUT2D eigenvalue weighted by atomic mass is 10.0. The third-order valence-corrected chi connectivity index (χ3v) is 4.12. The van der Waals surface area contributed by atoms with Crippen molar-refractivity contribution in [1.82, 2.24) is 0 Å². The number of nitro groups is 1. The number of halogens is 1. The van der Waals surface area contributed by atoms with Crippen molar-refractivity contribution >= 4 is 33.2 Å². The summed E-state index contributed by atoms with van der Waals surface area (Å²) in [6.07, 6.45) is 0. The van der Waals surface area contributed by atoms with Gasteiger partial charge in [0.1, 0.15) is 17.2 Å². The molecule has 0 bridgehead atoms. The molecule has 0 atom stereocenters. The van der Waals surface area contributed by atoms with Crippen molar-refractivity contribution in [2.75, 3.05) is 19.0 Å². The highest BCUT2D eigenvalue weighted by Crippen LogP contribution is 2.30. The Balaban J connectivity index is 2.10. The van der Waals surface area contributed by atoms with E-state index < -0.39 is 10.8 Å². The minimum Gasteiger partial charge on any atom is -0.496 e. The minimum atomic E-state index is -0.579. The second-order valence-electron chi connectivity index (χ2n) is 5.81. The number of hydrogen-bond donors (Lipinski definition) is 1. The molecule has 0 radical (unpaired) electrons. The van der Waals surface area contributed by atoms with Crippen molar-refractivity contribution in [3.63, 3.8) is 0 Å². The molecule has 0 saturated carbocycles. The molecular weight excluding hydrogens is 404 g/mol. The maximum absolute atomic E-state index is 12.2. The number of anilines is 1. The zero-order valence-electron chi connectivity index (χ0n) is 14.6. The number of rotatable bonds is 7. The molecular formula is C18H19BrN2O5. The van der Waals surface area contributed by atoms with E-state index in [0.717, 1.165) is 10.0 Å².